The second kappa shape index (κ2) is 12.7. The molecular weight excluding hydrogens is 232 g/mol. The molecule has 1 rings (SSSR count). The van der Waals surface area contributed by atoms with Crippen LogP contribution < -0.4 is 0 Å². The molecule has 0 amide bonds. The highest BCUT2D eigenvalue weighted by molar-refractivity contribution is 5.53. The number of hydrogen-bond acceptors (Lipinski definition) is 1. The third kappa shape index (κ3) is 10.2. The van der Waals surface area contributed by atoms with E-state index in [0.29, 0.717) is 5.92 Å². The van der Waals surface area contributed by atoms with Crippen LogP contribution in [-0.4, -0.2) is 6.29 Å². The van der Waals surface area contributed by atoms with Crippen LogP contribution in [0.3, 0.4) is 0 Å². The van der Waals surface area contributed by atoms with Gasteiger partial charge in [0.2, 0.25) is 0 Å². The summed E-state index contributed by atoms with van der Waals surface area (Å²) in [4.78, 5) is 11.0. The summed E-state index contributed by atoms with van der Waals surface area (Å²) in [7, 11) is 0. The molecule has 0 saturated heterocycles. The molecule has 1 saturated carbocycles. The molecule has 19 heavy (non-hydrogen) atoms. The largest absolute Gasteiger partial charge is 0.303 e. The third-order valence-electron chi connectivity index (χ3n) is 4.59. The van der Waals surface area contributed by atoms with E-state index in [0.717, 1.165) is 12.8 Å². The van der Waals surface area contributed by atoms with E-state index in [9.17, 15) is 4.79 Å². The Morgan fingerprint density at radius 3 is 1.00 bits per heavy atom. The molecule has 0 aliphatic heterocycles. The lowest BCUT2D eigenvalue weighted by molar-refractivity contribution is -0.111. The summed E-state index contributed by atoms with van der Waals surface area (Å²) >= 11 is 0. The monoisotopic (exact) mass is 266 g/mol. The van der Waals surface area contributed by atoms with E-state index in [4.69, 9.17) is 0 Å². The summed E-state index contributed by atoms with van der Waals surface area (Å²) in [5.41, 5.74) is 0. The maximum absolute atomic E-state index is 11.0. The zero-order valence-corrected chi connectivity index (χ0v) is 12.9. The number of rotatable bonds is 1. The van der Waals surface area contributed by atoms with Crippen molar-refractivity contribution in [1.82, 2.24) is 0 Å². The molecule has 0 N–H and O–H groups in total. The summed E-state index contributed by atoms with van der Waals surface area (Å²) in [6, 6.07) is 0. The van der Waals surface area contributed by atoms with Crippen LogP contribution in [-0.2, 0) is 4.79 Å². The Morgan fingerprint density at radius 1 is 0.474 bits per heavy atom. The lowest BCUT2D eigenvalue weighted by Crippen LogP contribution is -2.02. The van der Waals surface area contributed by atoms with Gasteiger partial charge in [-0.05, 0) is 12.8 Å². The van der Waals surface area contributed by atoms with Crippen molar-refractivity contribution in [1.29, 1.82) is 0 Å². The lowest BCUT2D eigenvalue weighted by atomic mass is 9.95. The number of carbonyl (C=O) groups is 1. The molecular formula is C18H34O. The van der Waals surface area contributed by atoms with E-state index in [2.05, 4.69) is 0 Å². The van der Waals surface area contributed by atoms with Gasteiger partial charge in [-0.15, -0.1) is 0 Å². The minimum absolute atomic E-state index is 0.357. The van der Waals surface area contributed by atoms with Crippen molar-refractivity contribution in [3.63, 3.8) is 0 Å². The zero-order chi connectivity index (χ0) is 13.6. The summed E-state index contributed by atoms with van der Waals surface area (Å²) in [6.45, 7) is 0. The molecule has 0 radical (unpaired) electrons. The second-order valence-corrected chi connectivity index (χ2v) is 6.42. The molecule has 112 valence electrons. The molecule has 0 aromatic carbocycles. The third-order valence-corrected chi connectivity index (χ3v) is 4.59. The van der Waals surface area contributed by atoms with Crippen molar-refractivity contribution in [2.24, 2.45) is 5.92 Å². The standard InChI is InChI=1S/C18H34O/c19-17-18-15-13-11-9-7-5-3-1-2-4-6-8-10-12-14-16-18/h17-18H,1-16H2. The molecule has 1 nitrogen and oxygen atoms in total. The van der Waals surface area contributed by atoms with Gasteiger partial charge in [0.05, 0.1) is 0 Å². The van der Waals surface area contributed by atoms with Crippen molar-refractivity contribution in [3.8, 4) is 0 Å². The first-order valence-corrected chi connectivity index (χ1v) is 8.89. The number of carbonyl (C=O) groups excluding carboxylic acids is 1. The summed E-state index contributed by atoms with van der Waals surface area (Å²) < 4.78 is 0. The topological polar surface area (TPSA) is 17.1 Å². The molecule has 0 unspecified atom stereocenters. The van der Waals surface area contributed by atoms with Crippen LogP contribution in [0.4, 0.5) is 0 Å². The van der Waals surface area contributed by atoms with E-state index >= 15 is 0 Å². The Hall–Kier alpha value is -0.330. The SMILES string of the molecule is O=CC1CCCCCCCCCCCCCCCC1. The molecule has 0 aromatic heterocycles. The fourth-order valence-electron chi connectivity index (χ4n) is 3.21. The van der Waals surface area contributed by atoms with Gasteiger partial charge in [0, 0.05) is 5.92 Å². The minimum Gasteiger partial charge on any atom is -0.303 e. The normalized spacial score (nSPS) is 23.6. The van der Waals surface area contributed by atoms with Crippen molar-refractivity contribution in [2.75, 3.05) is 0 Å². The van der Waals surface area contributed by atoms with E-state index in [1.54, 1.807) is 0 Å². The van der Waals surface area contributed by atoms with Gasteiger partial charge >= 0.3 is 0 Å². The quantitative estimate of drug-likeness (QED) is 0.527. The van der Waals surface area contributed by atoms with Gasteiger partial charge in [0.25, 0.3) is 0 Å². The first-order valence-electron chi connectivity index (χ1n) is 8.89. The minimum atomic E-state index is 0.357. The fourth-order valence-corrected chi connectivity index (χ4v) is 3.21. The Bertz CT molecular complexity index is 182. The van der Waals surface area contributed by atoms with Gasteiger partial charge < -0.3 is 4.79 Å². The van der Waals surface area contributed by atoms with E-state index in [1.807, 2.05) is 0 Å². The molecule has 0 aromatic rings. The Balaban J connectivity index is 2.17. The van der Waals surface area contributed by atoms with Crippen LogP contribution >= 0.6 is 0 Å². The van der Waals surface area contributed by atoms with Crippen molar-refractivity contribution in [2.45, 2.75) is 103 Å². The van der Waals surface area contributed by atoms with Crippen molar-refractivity contribution in [3.05, 3.63) is 0 Å². The first kappa shape index (κ1) is 16.7. The number of aldehydes is 1. The molecule has 0 bridgehead atoms. The maximum atomic E-state index is 11.0. The number of hydrogen-bond donors (Lipinski definition) is 0. The van der Waals surface area contributed by atoms with Gasteiger partial charge in [-0.1, -0.05) is 89.9 Å². The van der Waals surface area contributed by atoms with Gasteiger partial charge in [-0.2, -0.15) is 0 Å². The van der Waals surface area contributed by atoms with E-state index in [-0.39, 0.29) is 0 Å². The fraction of sp³-hybridized carbons (Fsp3) is 0.944. The average molecular weight is 266 g/mol. The Labute approximate surface area is 120 Å². The molecule has 1 aliphatic rings. The van der Waals surface area contributed by atoms with Gasteiger partial charge in [-0.3, -0.25) is 0 Å². The first-order chi connectivity index (χ1) is 9.43. The highest BCUT2D eigenvalue weighted by atomic mass is 16.1. The predicted octanol–water partition coefficient (Wildman–Crippen LogP) is 6.06. The van der Waals surface area contributed by atoms with Crippen molar-refractivity contribution >= 4 is 6.29 Å². The van der Waals surface area contributed by atoms with Crippen LogP contribution in [0, 0.1) is 5.92 Å². The Morgan fingerprint density at radius 2 is 0.737 bits per heavy atom. The van der Waals surface area contributed by atoms with Crippen molar-refractivity contribution < 1.29 is 4.79 Å². The van der Waals surface area contributed by atoms with Crippen LogP contribution in [0.5, 0.6) is 0 Å². The highest BCUT2D eigenvalue weighted by Gasteiger charge is 2.06. The summed E-state index contributed by atoms with van der Waals surface area (Å²) in [5.74, 6) is 0.357. The van der Waals surface area contributed by atoms with Gasteiger partial charge in [0.15, 0.2) is 0 Å². The van der Waals surface area contributed by atoms with Gasteiger partial charge in [-0.25, -0.2) is 0 Å². The summed E-state index contributed by atoms with van der Waals surface area (Å²) in [6.07, 6.45) is 22.9. The zero-order valence-electron chi connectivity index (χ0n) is 12.9. The maximum Gasteiger partial charge on any atom is 0.123 e. The lowest BCUT2D eigenvalue weighted by Gasteiger charge is -2.09. The van der Waals surface area contributed by atoms with Crippen LogP contribution in [0.15, 0.2) is 0 Å². The molecule has 1 aliphatic carbocycles. The molecule has 0 heterocycles. The highest BCUT2D eigenvalue weighted by Crippen LogP contribution is 2.19. The molecule has 0 atom stereocenters. The molecule has 0 spiro atoms. The van der Waals surface area contributed by atoms with Crippen LogP contribution in [0.1, 0.15) is 103 Å². The van der Waals surface area contributed by atoms with E-state index in [1.165, 1.54) is 96.2 Å². The van der Waals surface area contributed by atoms with Crippen LogP contribution in [0.25, 0.3) is 0 Å². The second-order valence-electron chi connectivity index (χ2n) is 6.42. The predicted molar refractivity (Wildman–Crippen MR) is 83.4 cm³/mol. The molecule has 1 heteroatoms. The summed E-state index contributed by atoms with van der Waals surface area (Å²) in [5, 5.41) is 0. The van der Waals surface area contributed by atoms with Crippen LogP contribution in [0.2, 0.25) is 0 Å². The average Bonchev–Trinajstić information content (AvgIpc) is 2.44. The van der Waals surface area contributed by atoms with E-state index < -0.39 is 0 Å². The Kier molecular flexibility index (Phi) is 11.2. The molecule has 1 fully saturated rings. The van der Waals surface area contributed by atoms with Gasteiger partial charge in [0.1, 0.15) is 6.29 Å². The smallest absolute Gasteiger partial charge is 0.123 e.